The molecule has 1 aromatic heterocycles. The first kappa shape index (κ1) is 15.3. The number of hydrogen-bond acceptors (Lipinski definition) is 2. The van der Waals surface area contributed by atoms with E-state index in [4.69, 9.17) is 23.2 Å². The predicted octanol–water partition coefficient (Wildman–Crippen LogP) is 3.96. The van der Waals surface area contributed by atoms with E-state index < -0.39 is 5.82 Å². The zero-order chi connectivity index (χ0) is 14.7. The predicted molar refractivity (Wildman–Crippen MR) is 79.8 cm³/mol. The fraction of sp³-hybridized carbons (Fsp3) is 0.357. The fourth-order valence-corrected chi connectivity index (χ4v) is 2.59. The summed E-state index contributed by atoms with van der Waals surface area (Å²) < 4.78 is 15.9. The summed E-state index contributed by atoms with van der Waals surface area (Å²) in [5.41, 5.74) is 1.19. The highest BCUT2D eigenvalue weighted by Crippen LogP contribution is 2.31. The molecule has 6 heteroatoms. The number of aryl methyl sites for hydroxylation is 1. The summed E-state index contributed by atoms with van der Waals surface area (Å²) in [6, 6.07) is 4.58. The van der Waals surface area contributed by atoms with E-state index in [0.717, 1.165) is 18.7 Å². The summed E-state index contributed by atoms with van der Waals surface area (Å²) in [4.78, 5) is 0. The first-order chi connectivity index (χ1) is 9.56. The average molecular weight is 316 g/mol. The summed E-state index contributed by atoms with van der Waals surface area (Å²) in [5.74, 6) is -0.431. The van der Waals surface area contributed by atoms with Gasteiger partial charge in [0.1, 0.15) is 5.82 Å². The second-order valence-corrected chi connectivity index (χ2v) is 5.35. The summed E-state index contributed by atoms with van der Waals surface area (Å²) in [6.07, 6.45) is 2.48. The van der Waals surface area contributed by atoms with Crippen molar-refractivity contribution in [3.8, 4) is 0 Å². The molecule has 1 unspecified atom stereocenters. The maximum Gasteiger partial charge on any atom is 0.146 e. The third-order valence-corrected chi connectivity index (χ3v) is 3.69. The van der Waals surface area contributed by atoms with Crippen LogP contribution in [0.3, 0.4) is 0 Å². The first-order valence-corrected chi connectivity index (χ1v) is 7.16. The molecular formula is C14H16Cl2FN3. The average Bonchev–Trinajstić information content (AvgIpc) is 2.75. The van der Waals surface area contributed by atoms with E-state index in [1.54, 1.807) is 30.1 Å². The number of hydrogen-bond donors (Lipinski definition) is 1. The van der Waals surface area contributed by atoms with Gasteiger partial charge in [-0.15, -0.1) is 0 Å². The van der Waals surface area contributed by atoms with Gasteiger partial charge in [-0.1, -0.05) is 42.3 Å². The van der Waals surface area contributed by atoms with Crippen molar-refractivity contribution in [1.82, 2.24) is 15.1 Å². The van der Waals surface area contributed by atoms with Crippen LogP contribution in [0.2, 0.25) is 10.0 Å². The number of rotatable bonds is 5. The van der Waals surface area contributed by atoms with E-state index in [2.05, 4.69) is 10.4 Å². The Morgan fingerprint density at radius 2 is 2.10 bits per heavy atom. The van der Waals surface area contributed by atoms with Gasteiger partial charge in [-0.25, -0.2) is 4.39 Å². The van der Waals surface area contributed by atoms with Crippen LogP contribution in [0.15, 0.2) is 24.4 Å². The third-order valence-electron chi connectivity index (χ3n) is 3.10. The first-order valence-electron chi connectivity index (χ1n) is 6.41. The van der Waals surface area contributed by atoms with Gasteiger partial charge in [0.25, 0.3) is 0 Å². The van der Waals surface area contributed by atoms with Crippen LogP contribution in [0.25, 0.3) is 0 Å². The van der Waals surface area contributed by atoms with Gasteiger partial charge in [0.15, 0.2) is 0 Å². The van der Waals surface area contributed by atoms with E-state index in [1.165, 1.54) is 6.07 Å². The van der Waals surface area contributed by atoms with Gasteiger partial charge in [0.2, 0.25) is 0 Å². The lowest BCUT2D eigenvalue weighted by Gasteiger charge is -2.21. The molecule has 0 aliphatic heterocycles. The SMILES string of the molecule is CCCNC(c1cccc(Cl)c1F)c1c(Cl)cnn1C. The summed E-state index contributed by atoms with van der Waals surface area (Å²) in [7, 11) is 1.78. The lowest BCUT2D eigenvalue weighted by Crippen LogP contribution is -2.26. The molecule has 1 N–H and O–H groups in total. The highest BCUT2D eigenvalue weighted by molar-refractivity contribution is 6.31. The van der Waals surface area contributed by atoms with E-state index in [1.807, 2.05) is 6.92 Å². The van der Waals surface area contributed by atoms with Gasteiger partial charge in [0, 0.05) is 12.6 Å². The van der Waals surface area contributed by atoms with E-state index in [9.17, 15) is 4.39 Å². The topological polar surface area (TPSA) is 29.9 Å². The van der Waals surface area contributed by atoms with Crippen molar-refractivity contribution < 1.29 is 4.39 Å². The van der Waals surface area contributed by atoms with Gasteiger partial charge in [-0.3, -0.25) is 4.68 Å². The van der Waals surface area contributed by atoms with Crippen molar-refractivity contribution in [2.45, 2.75) is 19.4 Å². The molecular weight excluding hydrogens is 300 g/mol. The van der Waals surface area contributed by atoms with Crippen LogP contribution in [0.1, 0.15) is 30.6 Å². The zero-order valence-electron chi connectivity index (χ0n) is 11.3. The molecule has 0 aliphatic carbocycles. The van der Waals surface area contributed by atoms with Crippen LogP contribution >= 0.6 is 23.2 Å². The Hall–Kier alpha value is -1.10. The Bertz CT molecular complexity index is 579. The molecule has 1 aromatic carbocycles. The number of nitrogens with zero attached hydrogens (tertiary/aromatic N) is 2. The van der Waals surface area contributed by atoms with Crippen LogP contribution in [0.4, 0.5) is 4.39 Å². The highest BCUT2D eigenvalue weighted by atomic mass is 35.5. The Labute approximate surface area is 127 Å². The number of halogens is 3. The monoisotopic (exact) mass is 315 g/mol. The van der Waals surface area contributed by atoms with Crippen molar-refractivity contribution in [3.05, 3.63) is 51.5 Å². The van der Waals surface area contributed by atoms with Crippen LogP contribution in [-0.4, -0.2) is 16.3 Å². The number of nitrogens with one attached hydrogen (secondary N) is 1. The van der Waals surface area contributed by atoms with E-state index in [0.29, 0.717) is 10.6 Å². The zero-order valence-corrected chi connectivity index (χ0v) is 12.8. The lowest BCUT2D eigenvalue weighted by atomic mass is 10.0. The molecule has 0 saturated heterocycles. The lowest BCUT2D eigenvalue weighted by molar-refractivity contribution is 0.520. The molecule has 3 nitrogen and oxygen atoms in total. The van der Waals surface area contributed by atoms with Crippen LogP contribution in [0.5, 0.6) is 0 Å². The summed E-state index contributed by atoms with van der Waals surface area (Å²) in [6.45, 7) is 2.78. The number of benzene rings is 1. The summed E-state index contributed by atoms with van der Waals surface area (Å²) >= 11 is 12.1. The van der Waals surface area contributed by atoms with Gasteiger partial charge in [0.05, 0.1) is 28.0 Å². The molecule has 108 valence electrons. The quantitative estimate of drug-likeness (QED) is 0.905. The Kier molecular flexibility index (Phi) is 5.02. The molecule has 0 radical (unpaired) electrons. The van der Waals surface area contributed by atoms with Crippen LogP contribution < -0.4 is 5.32 Å². The minimum Gasteiger partial charge on any atom is -0.305 e. The molecule has 1 atom stereocenters. The fourth-order valence-electron chi connectivity index (χ4n) is 2.13. The minimum absolute atomic E-state index is 0.101. The van der Waals surface area contributed by atoms with E-state index in [-0.39, 0.29) is 11.1 Å². The maximum absolute atomic E-state index is 14.3. The second-order valence-electron chi connectivity index (χ2n) is 4.53. The molecule has 0 fully saturated rings. The van der Waals surface area contributed by atoms with Crippen LogP contribution in [-0.2, 0) is 7.05 Å². The standard InChI is InChI=1S/C14H16Cl2FN3/c1-3-7-18-13(14-11(16)8-19-20(14)2)9-5-4-6-10(15)12(9)17/h4-6,8,13,18H,3,7H2,1-2H3. The summed E-state index contributed by atoms with van der Waals surface area (Å²) in [5, 5.41) is 8.01. The second kappa shape index (κ2) is 6.57. The largest absolute Gasteiger partial charge is 0.305 e. The molecule has 0 bridgehead atoms. The third kappa shape index (κ3) is 2.97. The molecule has 0 saturated carbocycles. The van der Waals surface area contributed by atoms with Crippen molar-refractivity contribution in [2.24, 2.45) is 7.05 Å². The van der Waals surface area contributed by atoms with Crippen molar-refractivity contribution in [2.75, 3.05) is 6.54 Å². The van der Waals surface area contributed by atoms with Gasteiger partial charge in [-0.05, 0) is 19.0 Å². The molecule has 1 heterocycles. The van der Waals surface area contributed by atoms with E-state index >= 15 is 0 Å². The molecule has 0 amide bonds. The normalized spacial score (nSPS) is 12.7. The smallest absolute Gasteiger partial charge is 0.146 e. The van der Waals surface area contributed by atoms with Crippen molar-refractivity contribution in [1.29, 1.82) is 0 Å². The molecule has 2 aromatic rings. The van der Waals surface area contributed by atoms with Crippen molar-refractivity contribution in [3.63, 3.8) is 0 Å². The maximum atomic E-state index is 14.3. The molecule has 2 rings (SSSR count). The van der Waals surface area contributed by atoms with Gasteiger partial charge >= 0.3 is 0 Å². The molecule has 0 aliphatic rings. The Morgan fingerprint density at radius 3 is 2.70 bits per heavy atom. The molecule has 20 heavy (non-hydrogen) atoms. The van der Waals surface area contributed by atoms with Gasteiger partial charge in [-0.2, -0.15) is 5.10 Å². The molecule has 0 spiro atoms. The Morgan fingerprint density at radius 1 is 1.35 bits per heavy atom. The van der Waals surface area contributed by atoms with Crippen molar-refractivity contribution >= 4 is 23.2 Å². The van der Waals surface area contributed by atoms with Crippen LogP contribution in [0, 0.1) is 5.82 Å². The minimum atomic E-state index is -0.431. The highest BCUT2D eigenvalue weighted by Gasteiger charge is 2.24. The Balaban J connectivity index is 2.50. The van der Waals surface area contributed by atoms with Gasteiger partial charge < -0.3 is 5.32 Å². The number of aromatic nitrogens is 2.